The molecule has 0 saturated carbocycles. The Labute approximate surface area is 95.2 Å². The molecule has 1 rings (SSSR count). The summed E-state index contributed by atoms with van der Waals surface area (Å²) < 4.78 is 0. The average Bonchev–Trinajstić information content (AvgIpc) is 2.65. The van der Waals surface area contributed by atoms with E-state index in [2.05, 4.69) is 32.6 Å². The topological polar surface area (TPSA) is 29.3 Å². The lowest BCUT2D eigenvalue weighted by atomic mass is 9.92. The molecule has 15 heavy (non-hydrogen) atoms. The first kappa shape index (κ1) is 13.0. The third-order valence-corrected chi connectivity index (χ3v) is 4.11. The van der Waals surface area contributed by atoms with Crippen LogP contribution in [0, 0.1) is 5.92 Å². The molecule has 0 spiro atoms. The van der Waals surface area contributed by atoms with Crippen molar-refractivity contribution in [3.63, 3.8) is 0 Å². The predicted molar refractivity (Wildman–Crippen MR) is 66.9 cm³/mol. The van der Waals surface area contributed by atoms with Crippen LogP contribution in [-0.2, 0) is 0 Å². The van der Waals surface area contributed by atoms with E-state index >= 15 is 0 Å². The average molecular weight is 212 g/mol. The van der Waals surface area contributed by atoms with E-state index in [4.69, 9.17) is 5.73 Å². The van der Waals surface area contributed by atoms with Crippen molar-refractivity contribution < 1.29 is 0 Å². The summed E-state index contributed by atoms with van der Waals surface area (Å²) in [5, 5.41) is 0. The fourth-order valence-corrected chi connectivity index (χ4v) is 2.68. The molecular formula is C13H28N2. The first-order valence-electron chi connectivity index (χ1n) is 6.55. The first-order valence-corrected chi connectivity index (χ1v) is 6.55. The summed E-state index contributed by atoms with van der Waals surface area (Å²) >= 11 is 0. The second-order valence-electron chi connectivity index (χ2n) is 5.49. The fraction of sp³-hybridized carbons (Fsp3) is 1.00. The van der Waals surface area contributed by atoms with E-state index in [1.165, 1.54) is 19.4 Å². The Balaban J connectivity index is 2.56. The molecule has 0 aromatic heterocycles. The molecule has 2 heteroatoms. The van der Waals surface area contributed by atoms with Gasteiger partial charge >= 0.3 is 0 Å². The number of hydrogen-bond acceptors (Lipinski definition) is 2. The van der Waals surface area contributed by atoms with Gasteiger partial charge in [0.25, 0.3) is 0 Å². The van der Waals surface area contributed by atoms with Crippen LogP contribution in [0.2, 0.25) is 0 Å². The molecule has 1 atom stereocenters. The van der Waals surface area contributed by atoms with Gasteiger partial charge in [-0.05, 0) is 38.1 Å². The molecule has 0 aromatic carbocycles. The Bertz CT molecular complexity index is 185. The van der Waals surface area contributed by atoms with E-state index in [9.17, 15) is 0 Å². The fourth-order valence-electron chi connectivity index (χ4n) is 2.68. The molecule has 0 aromatic rings. The number of hydrogen-bond donors (Lipinski definition) is 1. The maximum atomic E-state index is 6.40. The summed E-state index contributed by atoms with van der Waals surface area (Å²) in [5.41, 5.74) is 6.44. The van der Waals surface area contributed by atoms with Crippen LogP contribution in [-0.4, -0.2) is 29.6 Å². The van der Waals surface area contributed by atoms with Crippen molar-refractivity contribution in [3.05, 3.63) is 0 Å². The lowest BCUT2D eigenvalue weighted by Crippen LogP contribution is -2.51. The Morgan fingerprint density at radius 2 is 1.93 bits per heavy atom. The van der Waals surface area contributed by atoms with Crippen LogP contribution in [0.5, 0.6) is 0 Å². The van der Waals surface area contributed by atoms with Gasteiger partial charge in [-0.25, -0.2) is 0 Å². The van der Waals surface area contributed by atoms with Crippen molar-refractivity contribution in [1.82, 2.24) is 4.90 Å². The third-order valence-electron chi connectivity index (χ3n) is 4.11. The summed E-state index contributed by atoms with van der Waals surface area (Å²) in [5.74, 6) is 0.769. The van der Waals surface area contributed by atoms with Gasteiger partial charge < -0.3 is 5.73 Å². The Kier molecular flexibility index (Phi) is 4.60. The van der Waals surface area contributed by atoms with E-state index in [0.717, 1.165) is 31.3 Å². The Hall–Kier alpha value is -0.0800. The summed E-state index contributed by atoms with van der Waals surface area (Å²) in [4.78, 5) is 2.62. The maximum absolute atomic E-state index is 6.40. The van der Waals surface area contributed by atoms with Gasteiger partial charge in [-0.3, -0.25) is 4.90 Å². The highest BCUT2D eigenvalue weighted by atomic mass is 15.2. The minimum absolute atomic E-state index is 0.0392. The van der Waals surface area contributed by atoms with E-state index in [1.807, 2.05) is 0 Å². The maximum Gasteiger partial charge on any atom is 0.0278 e. The highest BCUT2D eigenvalue weighted by Gasteiger charge is 2.32. The summed E-state index contributed by atoms with van der Waals surface area (Å²) in [6.45, 7) is 11.4. The lowest BCUT2D eigenvalue weighted by molar-refractivity contribution is 0.156. The molecule has 0 amide bonds. The number of nitrogens with two attached hydrogens (primary N) is 1. The molecule has 90 valence electrons. The van der Waals surface area contributed by atoms with Crippen molar-refractivity contribution in [2.24, 2.45) is 11.7 Å². The standard InChI is InChI=1S/C13H28N2/c1-5-13(14,6-2)10-15-9-7-8-12(15)11(3)4/h11-12H,5-10,14H2,1-4H3. The van der Waals surface area contributed by atoms with Gasteiger partial charge in [-0.15, -0.1) is 0 Å². The van der Waals surface area contributed by atoms with Gasteiger partial charge in [-0.2, -0.15) is 0 Å². The van der Waals surface area contributed by atoms with Crippen molar-refractivity contribution in [1.29, 1.82) is 0 Å². The van der Waals surface area contributed by atoms with Gasteiger partial charge in [0.1, 0.15) is 0 Å². The van der Waals surface area contributed by atoms with E-state index in [1.54, 1.807) is 0 Å². The predicted octanol–water partition coefficient (Wildman–Crippen LogP) is 2.62. The molecule has 2 N–H and O–H groups in total. The van der Waals surface area contributed by atoms with E-state index in [0.29, 0.717) is 0 Å². The van der Waals surface area contributed by atoms with Crippen LogP contribution in [0.4, 0.5) is 0 Å². The van der Waals surface area contributed by atoms with Crippen LogP contribution in [0.25, 0.3) is 0 Å². The quantitative estimate of drug-likeness (QED) is 0.759. The van der Waals surface area contributed by atoms with Gasteiger partial charge in [0.2, 0.25) is 0 Å². The van der Waals surface area contributed by atoms with Crippen LogP contribution in [0.1, 0.15) is 53.4 Å². The zero-order chi connectivity index (χ0) is 11.5. The van der Waals surface area contributed by atoms with Gasteiger partial charge in [0.05, 0.1) is 0 Å². The molecule has 1 heterocycles. The highest BCUT2D eigenvalue weighted by Crippen LogP contribution is 2.26. The Morgan fingerprint density at radius 3 is 2.40 bits per heavy atom. The minimum atomic E-state index is 0.0392. The SMILES string of the molecule is CCC(N)(CC)CN1CCCC1C(C)C. The van der Waals surface area contributed by atoms with Gasteiger partial charge in [0.15, 0.2) is 0 Å². The molecule has 1 aliphatic rings. The second-order valence-corrected chi connectivity index (χ2v) is 5.49. The zero-order valence-corrected chi connectivity index (χ0v) is 10.9. The number of nitrogens with zero attached hydrogens (tertiary/aromatic N) is 1. The molecule has 2 nitrogen and oxygen atoms in total. The third kappa shape index (κ3) is 3.18. The van der Waals surface area contributed by atoms with E-state index < -0.39 is 0 Å². The molecule has 1 saturated heterocycles. The lowest BCUT2D eigenvalue weighted by Gasteiger charge is -2.36. The van der Waals surface area contributed by atoms with Crippen LogP contribution >= 0.6 is 0 Å². The zero-order valence-electron chi connectivity index (χ0n) is 10.9. The minimum Gasteiger partial charge on any atom is -0.324 e. The molecule has 1 fully saturated rings. The molecule has 0 radical (unpaired) electrons. The number of likely N-dealkylation sites (tertiary alicyclic amines) is 1. The van der Waals surface area contributed by atoms with Crippen molar-refractivity contribution in [2.75, 3.05) is 13.1 Å². The second kappa shape index (κ2) is 5.31. The molecule has 0 bridgehead atoms. The Morgan fingerprint density at radius 1 is 1.33 bits per heavy atom. The molecule has 1 unspecified atom stereocenters. The van der Waals surface area contributed by atoms with Crippen molar-refractivity contribution >= 4 is 0 Å². The van der Waals surface area contributed by atoms with Crippen LogP contribution in [0.3, 0.4) is 0 Å². The van der Waals surface area contributed by atoms with Gasteiger partial charge in [-0.1, -0.05) is 27.7 Å². The largest absolute Gasteiger partial charge is 0.324 e. The smallest absolute Gasteiger partial charge is 0.0278 e. The first-order chi connectivity index (χ1) is 7.02. The molecule has 1 aliphatic heterocycles. The van der Waals surface area contributed by atoms with E-state index in [-0.39, 0.29) is 5.54 Å². The normalized spacial score (nSPS) is 24.0. The summed E-state index contributed by atoms with van der Waals surface area (Å²) in [7, 11) is 0. The summed E-state index contributed by atoms with van der Waals surface area (Å²) in [6.07, 6.45) is 4.89. The monoisotopic (exact) mass is 212 g/mol. The highest BCUT2D eigenvalue weighted by molar-refractivity contribution is 4.90. The van der Waals surface area contributed by atoms with Crippen LogP contribution in [0.15, 0.2) is 0 Å². The van der Waals surface area contributed by atoms with Crippen molar-refractivity contribution in [3.8, 4) is 0 Å². The molecule has 0 aliphatic carbocycles. The van der Waals surface area contributed by atoms with Crippen LogP contribution < -0.4 is 5.73 Å². The van der Waals surface area contributed by atoms with Gasteiger partial charge in [0, 0.05) is 18.1 Å². The van der Waals surface area contributed by atoms with Crippen molar-refractivity contribution in [2.45, 2.75) is 65.0 Å². The summed E-state index contributed by atoms with van der Waals surface area (Å²) in [6, 6.07) is 0.769. The number of rotatable bonds is 5. The molecular weight excluding hydrogens is 184 g/mol.